The molecule has 54 heavy (non-hydrogen) atoms. The van der Waals surface area contributed by atoms with Gasteiger partial charge in [-0.1, -0.05) is 12.1 Å². The number of piperidine rings is 2. The van der Waals surface area contributed by atoms with Gasteiger partial charge in [-0.05, 0) is 69.9 Å². The van der Waals surface area contributed by atoms with Crippen molar-refractivity contribution < 1.29 is 14.3 Å². The second kappa shape index (κ2) is 17.8. The first-order chi connectivity index (χ1) is 26.1. The molecule has 2 fully saturated rings. The van der Waals surface area contributed by atoms with Gasteiger partial charge in [-0.2, -0.15) is 9.97 Å². The molecular formula is C38H45N11O5. The number of carbonyl (C=O) groups excluding carboxylic acids is 1. The van der Waals surface area contributed by atoms with E-state index in [2.05, 4.69) is 40.1 Å². The lowest BCUT2D eigenvalue weighted by atomic mass is 10.1. The van der Waals surface area contributed by atoms with E-state index in [1.807, 2.05) is 43.3 Å². The predicted molar refractivity (Wildman–Crippen MR) is 201 cm³/mol. The van der Waals surface area contributed by atoms with Crippen molar-refractivity contribution in [1.82, 2.24) is 54.2 Å². The SMILES string of the molecule is CN(C)Cc1ccc(C(=O)N2CCC(Oc3nc(-c4ccncn4)cc(=O)n3C)CC2)cc1.Cn1c(OC2CCNCC2)nc(-c2ccncn2)cc1=O. The highest BCUT2D eigenvalue weighted by Gasteiger charge is 2.26. The molecule has 2 saturated heterocycles. The van der Waals surface area contributed by atoms with Crippen molar-refractivity contribution >= 4 is 5.91 Å². The molecule has 1 amide bonds. The number of hydrogen-bond donors (Lipinski definition) is 1. The highest BCUT2D eigenvalue weighted by Crippen LogP contribution is 2.21. The number of nitrogens with zero attached hydrogens (tertiary/aromatic N) is 10. The van der Waals surface area contributed by atoms with Crippen molar-refractivity contribution in [2.45, 2.75) is 44.4 Å². The molecule has 5 aromatic rings. The zero-order valence-corrected chi connectivity index (χ0v) is 31.0. The molecule has 0 atom stereocenters. The number of hydrogen-bond acceptors (Lipinski definition) is 13. The molecule has 0 aliphatic carbocycles. The molecule has 2 aliphatic heterocycles. The lowest BCUT2D eigenvalue weighted by Gasteiger charge is -2.32. The zero-order valence-electron chi connectivity index (χ0n) is 31.0. The molecule has 0 spiro atoms. The van der Waals surface area contributed by atoms with Gasteiger partial charge in [-0.3, -0.25) is 23.5 Å². The smallest absolute Gasteiger partial charge is 0.299 e. The minimum atomic E-state index is -0.223. The maximum atomic E-state index is 12.9. The summed E-state index contributed by atoms with van der Waals surface area (Å²) in [5, 5.41) is 3.28. The first-order valence-corrected chi connectivity index (χ1v) is 17.9. The maximum Gasteiger partial charge on any atom is 0.299 e. The van der Waals surface area contributed by atoms with Gasteiger partial charge >= 0.3 is 0 Å². The van der Waals surface area contributed by atoms with E-state index in [4.69, 9.17) is 9.47 Å². The molecule has 1 aromatic carbocycles. The normalized spacial score (nSPS) is 15.0. The minimum absolute atomic E-state index is 0.0288. The van der Waals surface area contributed by atoms with Crippen LogP contribution < -0.4 is 25.9 Å². The van der Waals surface area contributed by atoms with E-state index in [1.165, 1.54) is 39.5 Å². The van der Waals surface area contributed by atoms with Crippen molar-refractivity contribution in [1.29, 1.82) is 0 Å². The van der Waals surface area contributed by atoms with E-state index in [9.17, 15) is 14.4 Å². The molecule has 16 nitrogen and oxygen atoms in total. The standard InChI is InChI=1S/C24H28N6O3.C14H17N5O2/c1-28(2)15-17-4-6-18(7-5-17)23(32)30-12-9-19(10-13-30)33-24-27-21(14-22(31)29(24)3)20-8-11-25-16-26-20;1-19-13(20)8-12(11-4-7-16-9-17-11)18-14(19)21-10-2-5-15-6-3-10/h4-8,11,14,16,19H,9-10,12-13,15H2,1-3H3;4,7-10,15H,2-3,5-6H2,1H3. The summed E-state index contributed by atoms with van der Waals surface area (Å²) < 4.78 is 14.8. The molecule has 16 heteroatoms. The van der Waals surface area contributed by atoms with Crippen molar-refractivity contribution in [2.24, 2.45) is 14.1 Å². The topological polar surface area (TPSA) is 175 Å². The fraction of sp³-hybridized carbons (Fsp3) is 0.395. The van der Waals surface area contributed by atoms with Gasteiger partial charge in [-0.15, -0.1) is 0 Å². The van der Waals surface area contributed by atoms with Crippen LogP contribution in [0.4, 0.5) is 0 Å². The van der Waals surface area contributed by atoms with E-state index >= 15 is 0 Å². The van der Waals surface area contributed by atoms with Crippen molar-refractivity contribution in [3.05, 3.63) is 105 Å². The van der Waals surface area contributed by atoms with Crippen LogP contribution in [0.3, 0.4) is 0 Å². The van der Waals surface area contributed by atoms with Gasteiger partial charge in [0.2, 0.25) is 0 Å². The fourth-order valence-corrected chi connectivity index (χ4v) is 6.08. The van der Waals surface area contributed by atoms with Crippen LogP contribution in [0.1, 0.15) is 41.6 Å². The van der Waals surface area contributed by atoms with Crippen LogP contribution in [0.2, 0.25) is 0 Å². The Balaban J connectivity index is 0.000000203. The molecule has 0 bridgehead atoms. The number of ether oxygens (including phenoxy) is 2. The summed E-state index contributed by atoms with van der Waals surface area (Å²) in [6.07, 6.45) is 9.18. The van der Waals surface area contributed by atoms with E-state index in [1.54, 1.807) is 38.6 Å². The van der Waals surface area contributed by atoms with Gasteiger partial charge in [-0.25, -0.2) is 19.9 Å². The van der Waals surface area contributed by atoms with Gasteiger partial charge in [0.15, 0.2) is 0 Å². The Kier molecular flexibility index (Phi) is 12.5. The summed E-state index contributed by atoms with van der Waals surface area (Å²) in [7, 11) is 7.33. The first-order valence-electron chi connectivity index (χ1n) is 17.9. The summed E-state index contributed by atoms with van der Waals surface area (Å²) in [5.74, 6) is 0.0288. The van der Waals surface area contributed by atoms with Crippen molar-refractivity contribution in [3.63, 3.8) is 0 Å². The van der Waals surface area contributed by atoms with Gasteiger partial charge in [0, 0.05) is 76.7 Å². The van der Waals surface area contributed by atoms with Crippen LogP contribution in [-0.4, -0.2) is 107 Å². The molecule has 7 rings (SSSR count). The Morgan fingerprint density at radius 3 is 1.70 bits per heavy atom. The Labute approximate surface area is 312 Å². The second-order valence-electron chi connectivity index (χ2n) is 13.4. The predicted octanol–water partition coefficient (Wildman–Crippen LogP) is 2.35. The largest absolute Gasteiger partial charge is 0.461 e. The van der Waals surface area contributed by atoms with Gasteiger partial charge in [0.1, 0.15) is 24.9 Å². The summed E-state index contributed by atoms with van der Waals surface area (Å²) in [6, 6.07) is 14.7. The van der Waals surface area contributed by atoms with Gasteiger partial charge in [0.25, 0.3) is 29.0 Å². The third-order valence-electron chi connectivity index (χ3n) is 9.14. The summed E-state index contributed by atoms with van der Waals surface area (Å²) in [4.78, 5) is 66.3. The molecule has 4 aromatic heterocycles. The second-order valence-corrected chi connectivity index (χ2v) is 13.4. The number of likely N-dealkylation sites (tertiary alicyclic amines) is 1. The van der Waals surface area contributed by atoms with Crippen LogP contribution >= 0.6 is 0 Å². The number of nitrogens with one attached hydrogen (secondary N) is 1. The van der Waals surface area contributed by atoms with E-state index in [0.29, 0.717) is 60.3 Å². The lowest BCUT2D eigenvalue weighted by molar-refractivity contribution is 0.0569. The average Bonchev–Trinajstić information content (AvgIpc) is 3.19. The summed E-state index contributed by atoms with van der Waals surface area (Å²) in [5.41, 5.74) is 3.60. The Morgan fingerprint density at radius 1 is 0.741 bits per heavy atom. The van der Waals surface area contributed by atoms with Crippen LogP contribution in [0.15, 0.2) is 83.2 Å². The number of benzene rings is 1. The third-order valence-corrected chi connectivity index (χ3v) is 9.14. The third kappa shape index (κ3) is 9.76. The van der Waals surface area contributed by atoms with Crippen molar-refractivity contribution in [3.8, 4) is 34.8 Å². The van der Waals surface area contributed by atoms with E-state index in [0.717, 1.165) is 32.5 Å². The van der Waals surface area contributed by atoms with Gasteiger partial charge in [0.05, 0.1) is 22.8 Å². The first kappa shape index (κ1) is 37.9. The fourth-order valence-electron chi connectivity index (χ4n) is 6.08. The molecule has 0 radical (unpaired) electrons. The molecule has 2 aliphatic rings. The minimum Gasteiger partial charge on any atom is -0.461 e. The molecule has 0 unspecified atom stereocenters. The van der Waals surface area contributed by atoms with E-state index < -0.39 is 0 Å². The Hall–Kier alpha value is -5.87. The van der Waals surface area contributed by atoms with Gasteiger partial charge < -0.3 is 24.6 Å². The molecule has 1 N–H and O–H groups in total. The lowest BCUT2D eigenvalue weighted by Crippen LogP contribution is -2.42. The Morgan fingerprint density at radius 2 is 1.24 bits per heavy atom. The maximum absolute atomic E-state index is 12.9. The highest BCUT2D eigenvalue weighted by atomic mass is 16.5. The molecular weight excluding hydrogens is 690 g/mol. The molecule has 0 saturated carbocycles. The Bertz CT molecular complexity index is 2110. The zero-order chi connectivity index (χ0) is 38.0. The number of carbonyl (C=O) groups is 1. The highest BCUT2D eigenvalue weighted by molar-refractivity contribution is 5.94. The van der Waals surface area contributed by atoms with Crippen LogP contribution in [0.25, 0.3) is 22.8 Å². The molecule has 282 valence electrons. The van der Waals surface area contributed by atoms with Crippen LogP contribution in [0.5, 0.6) is 12.0 Å². The van der Waals surface area contributed by atoms with Crippen LogP contribution in [0, 0.1) is 0 Å². The van der Waals surface area contributed by atoms with E-state index in [-0.39, 0.29) is 35.2 Å². The molecule has 6 heterocycles. The monoisotopic (exact) mass is 735 g/mol. The number of aromatic nitrogens is 8. The number of rotatable bonds is 9. The number of amides is 1. The summed E-state index contributed by atoms with van der Waals surface area (Å²) >= 11 is 0. The summed E-state index contributed by atoms with van der Waals surface area (Å²) in [6.45, 7) is 3.85. The average molecular weight is 736 g/mol. The van der Waals surface area contributed by atoms with Crippen LogP contribution in [-0.2, 0) is 20.6 Å². The van der Waals surface area contributed by atoms with Crippen molar-refractivity contribution in [2.75, 3.05) is 40.3 Å². The quantitative estimate of drug-likeness (QED) is 0.234.